The summed E-state index contributed by atoms with van der Waals surface area (Å²) in [5.41, 5.74) is 6.19. The molecular weight excluding hydrogens is 432 g/mol. The molecule has 9 heteroatoms. The van der Waals surface area contributed by atoms with Crippen LogP contribution < -0.4 is 21.1 Å². The van der Waals surface area contributed by atoms with E-state index in [-0.39, 0.29) is 17.7 Å². The number of hydrogen-bond acceptors (Lipinski definition) is 5. The molecule has 0 saturated carbocycles. The average Bonchev–Trinajstić information content (AvgIpc) is 3.03. The summed E-state index contributed by atoms with van der Waals surface area (Å²) in [7, 11) is 0. The van der Waals surface area contributed by atoms with E-state index in [1.165, 1.54) is 0 Å². The summed E-state index contributed by atoms with van der Waals surface area (Å²) in [6, 6.07) is 9.78. The Kier molecular flexibility index (Phi) is 6.41. The van der Waals surface area contributed by atoms with Crippen molar-refractivity contribution < 1.29 is 14.3 Å². The number of ether oxygens (including phenoxy) is 1. The van der Waals surface area contributed by atoms with Crippen LogP contribution in [0.25, 0.3) is 10.9 Å². The summed E-state index contributed by atoms with van der Waals surface area (Å²) in [4.78, 5) is 41.9. The molecular formula is C23H23ClN4O4. The zero-order valence-electron chi connectivity index (χ0n) is 17.6. The van der Waals surface area contributed by atoms with Gasteiger partial charge in [0.2, 0.25) is 0 Å². The molecule has 0 radical (unpaired) electrons. The molecule has 0 saturated heterocycles. The van der Waals surface area contributed by atoms with Crippen LogP contribution in [0.2, 0.25) is 5.02 Å². The maximum Gasteiger partial charge on any atom is 0.276 e. The summed E-state index contributed by atoms with van der Waals surface area (Å²) in [6.45, 7) is 2.23. The first kappa shape index (κ1) is 21.8. The third-order valence-corrected chi connectivity index (χ3v) is 5.82. The molecule has 0 bridgehead atoms. The maximum atomic E-state index is 12.8. The second-order valence-electron chi connectivity index (χ2n) is 7.73. The number of fused-ring (bicyclic) bond motifs is 2. The third kappa shape index (κ3) is 4.75. The fraction of sp³-hybridized carbons (Fsp3) is 0.304. The number of nitrogens with one attached hydrogen (secondary N) is 2. The van der Waals surface area contributed by atoms with Crippen molar-refractivity contribution in [3.63, 3.8) is 0 Å². The number of aryl methyl sites for hydroxylation is 2. The van der Waals surface area contributed by atoms with Gasteiger partial charge in [0.15, 0.2) is 6.61 Å². The van der Waals surface area contributed by atoms with E-state index in [1.807, 2.05) is 6.92 Å². The van der Waals surface area contributed by atoms with Crippen LogP contribution in [-0.2, 0) is 17.8 Å². The van der Waals surface area contributed by atoms with Gasteiger partial charge in [-0.3, -0.25) is 29.8 Å². The molecule has 0 unspecified atom stereocenters. The molecule has 1 aromatic heterocycles. The van der Waals surface area contributed by atoms with Gasteiger partial charge in [0.1, 0.15) is 11.6 Å². The molecule has 0 fully saturated rings. The van der Waals surface area contributed by atoms with E-state index in [2.05, 4.69) is 15.8 Å². The molecule has 0 aliphatic carbocycles. The highest BCUT2D eigenvalue weighted by Crippen LogP contribution is 2.21. The lowest BCUT2D eigenvalue weighted by molar-refractivity contribution is -0.123. The Hall–Kier alpha value is -3.39. The number of aromatic nitrogens is 2. The molecule has 2 aromatic carbocycles. The van der Waals surface area contributed by atoms with Gasteiger partial charge in [0, 0.05) is 23.6 Å². The minimum Gasteiger partial charge on any atom is -0.484 e. The Morgan fingerprint density at radius 3 is 2.78 bits per heavy atom. The predicted octanol–water partition coefficient (Wildman–Crippen LogP) is 2.92. The highest BCUT2D eigenvalue weighted by atomic mass is 35.5. The van der Waals surface area contributed by atoms with Crippen molar-refractivity contribution in [3.05, 3.63) is 68.7 Å². The van der Waals surface area contributed by atoms with Gasteiger partial charge >= 0.3 is 0 Å². The number of nitrogens with zero attached hydrogens (tertiary/aromatic N) is 2. The number of halogens is 1. The molecule has 3 aromatic rings. The summed E-state index contributed by atoms with van der Waals surface area (Å²) in [6.07, 6.45) is 3.75. The van der Waals surface area contributed by atoms with E-state index in [0.29, 0.717) is 28.2 Å². The lowest BCUT2D eigenvalue weighted by Gasteiger charge is -2.12. The molecule has 4 rings (SSSR count). The Bertz CT molecular complexity index is 1250. The van der Waals surface area contributed by atoms with Gasteiger partial charge in [-0.2, -0.15) is 0 Å². The van der Waals surface area contributed by atoms with Crippen LogP contribution >= 0.6 is 11.6 Å². The third-order valence-electron chi connectivity index (χ3n) is 5.39. The van der Waals surface area contributed by atoms with Crippen molar-refractivity contribution in [1.82, 2.24) is 20.4 Å². The van der Waals surface area contributed by atoms with Gasteiger partial charge in [-0.05, 0) is 61.7 Å². The van der Waals surface area contributed by atoms with Gasteiger partial charge in [-0.25, -0.2) is 4.98 Å². The molecule has 2 amide bonds. The Morgan fingerprint density at radius 2 is 1.97 bits per heavy atom. The van der Waals surface area contributed by atoms with Gasteiger partial charge in [-0.15, -0.1) is 0 Å². The highest BCUT2D eigenvalue weighted by Gasteiger charge is 2.16. The van der Waals surface area contributed by atoms with Crippen molar-refractivity contribution in [2.24, 2.45) is 0 Å². The van der Waals surface area contributed by atoms with E-state index in [0.717, 1.165) is 37.1 Å². The number of carbonyl (C=O) groups is 2. The van der Waals surface area contributed by atoms with Gasteiger partial charge in [0.25, 0.3) is 17.4 Å². The van der Waals surface area contributed by atoms with Gasteiger partial charge in [-0.1, -0.05) is 18.0 Å². The van der Waals surface area contributed by atoms with Crippen LogP contribution in [0.5, 0.6) is 5.75 Å². The molecule has 2 N–H and O–H groups in total. The van der Waals surface area contributed by atoms with E-state index in [1.54, 1.807) is 41.0 Å². The monoisotopic (exact) mass is 454 g/mol. The smallest absolute Gasteiger partial charge is 0.276 e. The number of hydrazine groups is 1. The van der Waals surface area contributed by atoms with Crippen LogP contribution in [0.1, 0.15) is 41.0 Å². The number of amides is 2. The zero-order chi connectivity index (χ0) is 22.7. The number of rotatable bonds is 4. The van der Waals surface area contributed by atoms with E-state index < -0.39 is 11.8 Å². The topological polar surface area (TPSA) is 102 Å². The van der Waals surface area contributed by atoms with Crippen LogP contribution in [0.15, 0.2) is 41.2 Å². The van der Waals surface area contributed by atoms with E-state index in [4.69, 9.17) is 16.3 Å². The standard InChI is InChI=1S/C23H23ClN4O4/c1-14-11-16(7-9-18(14)24)32-13-21(29)26-27-22(30)15-6-8-17-19(12-15)25-20-5-3-2-4-10-28(20)23(17)31/h6-9,11-12H,2-5,10,13H2,1H3,(H,26,29)(H,27,30). The lowest BCUT2D eigenvalue weighted by atomic mass is 10.1. The van der Waals surface area contributed by atoms with Gasteiger partial charge < -0.3 is 4.74 Å². The first-order chi connectivity index (χ1) is 15.4. The first-order valence-electron chi connectivity index (χ1n) is 10.4. The van der Waals surface area contributed by atoms with Crippen LogP contribution in [0, 0.1) is 6.92 Å². The van der Waals surface area contributed by atoms with Crippen molar-refractivity contribution in [3.8, 4) is 5.75 Å². The van der Waals surface area contributed by atoms with E-state index >= 15 is 0 Å². The highest BCUT2D eigenvalue weighted by molar-refractivity contribution is 6.31. The largest absolute Gasteiger partial charge is 0.484 e. The summed E-state index contributed by atoms with van der Waals surface area (Å²) < 4.78 is 7.14. The quantitative estimate of drug-likeness (QED) is 0.590. The summed E-state index contributed by atoms with van der Waals surface area (Å²) in [5.74, 6) is 0.215. The number of carbonyl (C=O) groups excluding carboxylic acids is 2. The molecule has 32 heavy (non-hydrogen) atoms. The van der Waals surface area contributed by atoms with Crippen molar-refractivity contribution >= 4 is 34.3 Å². The summed E-state index contributed by atoms with van der Waals surface area (Å²) in [5, 5.41) is 1.08. The SMILES string of the molecule is Cc1cc(OCC(=O)NNC(=O)c2ccc3c(=O)n4c(nc3c2)CCCCC4)ccc1Cl. The molecule has 2 heterocycles. The van der Waals surface area contributed by atoms with Crippen LogP contribution in [0.3, 0.4) is 0 Å². The first-order valence-corrected chi connectivity index (χ1v) is 10.8. The second-order valence-corrected chi connectivity index (χ2v) is 8.14. The molecule has 1 aliphatic heterocycles. The second kappa shape index (κ2) is 9.40. The minimum atomic E-state index is -0.520. The fourth-order valence-electron chi connectivity index (χ4n) is 3.65. The Balaban J connectivity index is 1.40. The molecule has 1 aliphatic rings. The van der Waals surface area contributed by atoms with Crippen molar-refractivity contribution in [1.29, 1.82) is 0 Å². The molecule has 8 nitrogen and oxygen atoms in total. The molecule has 0 spiro atoms. The minimum absolute atomic E-state index is 0.0817. The zero-order valence-corrected chi connectivity index (χ0v) is 18.4. The summed E-state index contributed by atoms with van der Waals surface area (Å²) >= 11 is 5.97. The van der Waals surface area contributed by atoms with E-state index in [9.17, 15) is 14.4 Å². The maximum absolute atomic E-state index is 12.8. The average molecular weight is 455 g/mol. The van der Waals surface area contributed by atoms with Crippen LogP contribution in [0.4, 0.5) is 0 Å². The van der Waals surface area contributed by atoms with Gasteiger partial charge in [0.05, 0.1) is 10.9 Å². The predicted molar refractivity (Wildman–Crippen MR) is 121 cm³/mol. The Morgan fingerprint density at radius 1 is 1.12 bits per heavy atom. The van der Waals surface area contributed by atoms with Crippen LogP contribution in [-0.4, -0.2) is 28.0 Å². The molecule has 0 atom stereocenters. The number of benzene rings is 2. The Labute approximate surface area is 189 Å². The van der Waals surface area contributed by atoms with Crippen molar-refractivity contribution in [2.45, 2.75) is 39.2 Å². The normalized spacial score (nSPS) is 13.2. The number of hydrogen-bond donors (Lipinski definition) is 2. The van der Waals surface area contributed by atoms with Crippen molar-refractivity contribution in [2.75, 3.05) is 6.61 Å². The molecule has 166 valence electrons. The fourth-order valence-corrected chi connectivity index (χ4v) is 3.77. The lowest BCUT2D eigenvalue weighted by Crippen LogP contribution is -2.43.